The summed E-state index contributed by atoms with van der Waals surface area (Å²) in [5.41, 5.74) is 2.40. The third-order valence-corrected chi connectivity index (χ3v) is 4.47. The fourth-order valence-corrected chi connectivity index (χ4v) is 3.28. The Kier molecular flexibility index (Phi) is 4.51. The van der Waals surface area contributed by atoms with Crippen LogP contribution in [0, 0.1) is 5.92 Å². The van der Waals surface area contributed by atoms with Gasteiger partial charge in [-0.25, -0.2) is 0 Å². The first-order valence-electron chi connectivity index (χ1n) is 7.99. The van der Waals surface area contributed by atoms with E-state index in [9.17, 15) is 0 Å². The van der Waals surface area contributed by atoms with Gasteiger partial charge in [0.15, 0.2) is 0 Å². The number of rotatable bonds is 5. The quantitative estimate of drug-likeness (QED) is 0.909. The molecule has 2 heterocycles. The first-order chi connectivity index (χ1) is 10.3. The van der Waals surface area contributed by atoms with Crippen molar-refractivity contribution in [2.24, 2.45) is 5.92 Å². The number of hydrogen-bond donors (Lipinski definition) is 1. The first-order valence-corrected chi connectivity index (χ1v) is 7.99. The summed E-state index contributed by atoms with van der Waals surface area (Å²) in [4.78, 5) is 4.49. The van der Waals surface area contributed by atoms with Crippen molar-refractivity contribution in [1.82, 2.24) is 10.3 Å². The lowest BCUT2D eigenvalue weighted by molar-refractivity contribution is 0.0954. The zero-order chi connectivity index (χ0) is 14.7. The second-order valence-corrected chi connectivity index (χ2v) is 5.92. The molecule has 0 radical (unpaired) electrons. The molecule has 1 N–H and O–H groups in total. The van der Waals surface area contributed by atoms with E-state index < -0.39 is 0 Å². The van der Waals surface area contributed by atoms with E-state index in [1.807, 2.05) is 12.3 Å². The summed E-state index contributed by atoms with van der Waals surface area (Å²) in [5.74, 6) is 0.540. The van der Waals surface area contributed by atoms with Crippen LogP contribution in [0.4, 0.5) is 0 Å². The smallest absolute Gasteiger partial charge is 0.0705 e. The highest BCUT2D eigenvalue weighted by molar-refractivity contribution is 5.79. The number of nitrogens with one attached hydrogen (secondary N) is 1. The van der Waals surface area contributed by atoms with Crippen molar-refractivity contribution in [2.45, 2.75) is 38.8 Å². The van der Waals surface area contributed by atoms with Crippen LogP contribution in [0.1, 0.15) is 38.3 Å². The Morgan fingerprint density at radius 2 is 2.29 bits per heavy atom. The molecule has 0 spiro atoms. The Morgan fingerprint density at radius 3 is 3.05 bits per heavy atom. The number of aromatic nitrogens is 1. The van der Waals surface area contributed by atoms with Crippen molar-refractivity contribution < 1.29 is 4.74 Å². The molecule has 1 saturated heterocycles. The maximum Gasteiger partial charge on any atom is 0.0705 e. The van der Waals surface area contributed by atoms with E-state index in [4.69, 9.17) is 4.74 Å². The van der Waals surface area contributed by atoms with Crippen molar-refractivity contribution in [3.05, 3.63) is 42.1 Å². The third kappa shape index (κ3) is 3.09. The standard InChI is InChI=1S/C18H24N2O/c1-3-9-20-18(16-8-11-21-13(16)2)15-7-6-14-5-4-10-19-17(14)12-15/h4-7,10,12-13,16,18,20H,3,8-9,11H2,1-2H3. The monoisotopic (exact) mass is 284 g/mol. The number of fused-ring (bicyclic) bond motifs is 1. The van der Waals surface area contributed by atoms with E-state index in [0.29, 0.717) is 18.1 Å². The highest BCUT2D eigenvalue weighted by atomic mass is 16.5. The topological polar surface area (TPSA) is 34.2 Å². The van der Waals surface area contributed by atoms with Gasteiger partial charge in [0.1, 0.15) is 0 Å². The Labute approximate surface area is 126 Å². The van der Waals surface area contributed by atoms with Gasteiger partial charge in [0.25, 0.3) is 0 Å². The fourth-order valence-electron chi connectivity index (χ4n) is 3.28. The van der Waals surface area contributed by atoms with E-state index in [0.717, 1.165) is 31.5 Å². The number of hydrogen-bond acceptors (Lipinski definition) is 3. The van der Waals surface area contributed by atoms with E-state index >= 15 is 0 Å². The molecule has 1 aliphatic rings. The maximum absolute atomic E-state index is 5.78. The zero-order valence-electron chi connectivity index (χ0n) is 12.9. The molecule has 1 aromatic carbocycles. The molecule has 0 aliphatic carbocycles. The average Bonchev–Trinajstić information content (AvgIpc) is 2.94. The maximum atomic E-state index is 5.78. The third-order valence-electron chi connectivity index (χ3n) is 4.47. The predicted molar refractivity (Wildman–Crippen MR) is 86.3 cm³/mol. The predicted octanol–water partition coefficient (Wildman–Crippen LogP) is 3.70. The van der Waals surface area contributed by atoms with Gasteiger partial charge < -0.3 is 10.1 Å². The van der Waals surface area contributed by atoms with Gasteiger partial charge in [-0.2, -0.15) is 0 Å². The molecular weight excluding hydrogens is 260 g/mol. The molecule has 3 nitrogen and oxygen atoms in total. The molecule has 0 amide bonds. The summed E-state index contributed by atoms with van der Waals surface area (Å²) < 4.78 is 5.78. The van der Waals surface area contributed by atoms with Gasteiger partial charge >= 0.3 is 0 Å². The van der Waals surface area contributed by atoms with Crippen molar-refractivity contribution >= 4 is 10.9 Å². The number of pyridine rings is 1. The van der Waals surface area contributed by atoms with Crippen molar-refractivity contribution in [3.8, 4) is 0 Å². The molecule has 21 heavy (non-hydrogen) atoms. The van der Waals surface area contributed by atoms with Crippen LogP contribution in [0.5, 0.6) is 0 Å². The number of nitrogens with zero attached hydrogens (tertiary/aromatic N) is 1. The Bertz CT molecular complexity index is 599. The highest BCUT2D eigenvalue weighted by Gasteiger charge is 2.32. The second kappa shape index (κ2) is 6.54. The van der Waals surface area contributed by atoms with Crippen LogP contribution in [-0.2, 0) is 4.74 Å². The summed E-state index contributed by atoms with van der Waals surface area (Å²) >= 11 is 0. The summed E-state index contributed by atoms with van der Waals surface area (Å²) in [7, 11) is 0. The molecule has 1 aromatic heterocycles. The SMILES string of the molecule is CCCNC(c1ccc2cccnc2c1)C1CCOC1C. The van der Waals surface area contributed by atoms with Gasteiger partial charge in [-0.3, -0.25) is 4.98 Å². The van der Waals surface area contributed by atoms with Crippen LogP contribution in [0.2, 0.25) is 0 Å². The Morgan fingerprint density at radius 1 is 1.38 bits per heavy atom. The largest absolute Gasteiger partial charge is 0.378 e. The van der Waals surface area contributed by atoms with Gasteiger partial charge in [0, 0.05) is 30.1 Å². The van der Waals surface area contributed by atoms with Gasteiger partial charge in [0.2, 0.25) is 0 Å². The number of ether oxygens (including phenoxy) is 1. The molecule has 0 saturated carbocycles. The minimum atomic E-state index is 0.318. The highest BCUT2D eigenvalue weighted by Crippen LogP contribution is 2.34. The van der Waals surface area contributed by atoms with E-state index in [1.54, 1.807) is 0 Å². The van der Waals surface area contributed by atoms with Gasteiger partial charge in [0.05, 0.1) is 11.6 Å². The van der Waals surface area contributed by atoms with Crippen LogP contribution < -0.4 is 5.32 Å². The molecule has 2 aromatic rings. The van der Waals surface area contributed by atoms with Gasteiger partial charge in [-0.15, -0.1) is 0 Å². The lowest BCUT2D eigenvalue weighted by atomic mass is 9.87. The summed E-state index contributed by atoms with van der Waals surface area (Å²) in [5, 5.41) is 4.92. The molecular formula is C18H24N2O. The number of benzene rings is 1. The Hall–Kier alpha value is -1.45. The van der Waals surface area contributed by atoms with Crippen LogP contribution >= 0.6 is 0 Å². The lowest BCUT2D eigenvalue weighted by Crippen LogP contribution is -2.32. The molecule has 3 rings (SSSR count). The van der Waals surface area contributed by atoms with Gasteiger partial charge in [-0.05, 0) is 44.0 Å². The van der Waals surface area contributed by atoms with Crippen LogP contribution in [0.15, 0.2) is 36.5 Å². The van der Waals surface area contributed by atoms with Crippen molar-refractivity contribution in [3.63, 3.8) is 0 Å². The molecule has 1 aliphatic heterocycles. The lowest BCUT2D eigenvalue weighted by Gasteiger charge is -2.27. The van der Waals surface area contributed by atoms with E-state index in [-0.39, 0.29) is 0 Å². The van der Waals surface area contributed by atoms with Gasteiger partial charge in [-0.1, -0.05) is 25.1 Å². The Balaban J connectivity index is 1.92. The first kappa shape index (κ1) is 14.5. The molecule has 1 fully saturated rings. The molecule has 0 bridgehead atoms. The molecule has 3 heteroatoms. The van der Waals surface area contributed by atoms with Crippen molar-refractivity contribution in [2.75, 3.05) is 13.2 Å². The van der Waals surface area contributed by atoms with E-state index in [2.05, 4.69) is 48.4 Å². The molecule has 3 atom stereocenters. The minimum absolute atomic E-state index is 0.318. The zero-order valence-corrected chi connectivity index (χ0v) is 12.9. The van der Waals surface area contributed by atoms with Crippen LogP contribution in [0.3, 0.4) is 0 Å². The minimum Gasteiger partial charge on any atom is -0.378 e. The normalized spacial score (nSPS) is 23.5. The summed E-state index contributed by atoms with van der Waals surface area (Å²) in [6.45, 7) is 6.31. The fraction of sp³-hybridized carbons (Fsp3) is 0.500. The second-order valence-electron chi connectivity index (χ2n) is 5.92. The van der Waals surface area contributed by atoms with E-state index in [1.165, 1.54) is 10.9 Å². The van der Waals surface area contributed by atoms with Crippen molar-refractivity contribution in [1.29, 1.82) is 0 Å². The van der Waals surface area contributed by atoms with Crippen LogP contribution in [-0.4, -0.2) is 24.2 Å². The summed E-state index contributed by atoms with van der Waals surface area (Å²) in [6, 6.07) is 11.1. The summed E-state index contributed by atoms with van der Waals surface area (Å²) in [6.07, 6.45) is 4.45. The molecule has 112 valence electrons. The van der Waals surface area contributed by atoms with Crippen LogP contribution in [0.25, 0.3) is 10.9 Å². The average molecular weight is 284 g/mol. The molecule has 3 unspecified atom stereocenters.